The number of carbonyl (C=O) groups excluding carboxylic acids is 1. The Morgan fingerprint density at radius 3 is 2.60 bits per heavy atom. The van der Waals surface area contributed by atoms with E-state index in [0.717, 1.165) is 11.8 Å². The van der Waals surface area contributed by atoms with E-state index in [9.17, 15) is 4.79 Å². The molecular formula is C11H9ClN2O. The Kier molecular flexibility index (Phi) is 2.56. The molecule has 4 heteroatoms. The lowest BCUT2D eigenvalue weighted by Gasteiger charge is -1.95. The highest BCUT2D eigenvalue weighted by Gasteiger charge is 2.14. The molecule has 2 aromatic rings. The lowest BCUT2D eigenvalue weighted by molar-refractivity contribution is 0.112. The zero-order valence-electron chi connectivity index (χ0n) is 8.14. The van der Waals surface area contributed by atoms with Crippen LogP contribution in [0.4, 0.5) is 0 Å². The molecule has 0 aliphatic carbocycles. The average Bonchev–Trinajstić information content (AvgIpc) is 2.56. The number of hydrogen-bond acceptors (Lipinski definition) is 2. The SMILES string of the molecule is Cn1nc(-c2ccccc2)c(C=O)c1Cl. The monoisotopic (exact) mass is 220 g/mol. The van der Waals surface area contributed by atoms with Gasteiger partial charge in [-0.3, -0.25) is 9.48 Å². The minimum atomic E-state index is 0.365. The zero-order chi connectivity index (χ0) is 10.8. The Balaban J connectivity index is 2.63. The second kappa shape index (κ2) is 3.87. The molecule has 0 saturated heterocycles. The Bertz CT molecular complexity index is 491. The first kappa shape index (κ1) is 9.93. The van der Waals surface area contributed by atoms with Crippen molar-refractivity contribution in [3.8, 4) is 11.3 Å². The van der Waals surface area contributed by atoms with Gasteiger partial charge in [-0.05, 0) is 0 Å². The third-order valence-electron chi connectivity index (χ3n) is 2.18. The molecule has 1 aromatic heterocycles. The molecule has 2 rings (SSSR count). The summed E-state index contributed by atoms with van der Waals surface area (Å²) < 4.78 is 1.49. The lowest BCUT2D eigenvalue weighted by Crippen LogP contribution is -1.89. The predicted molar refractivity (Wildman–Crippen MR) is 59.0 cm³/mol. The van der Waals surface area contributed by atoms with E-state index in [1.54, 1.807) is 7.05 Å². The van der Waals surface area contributed by atoms with Crippen LogP contribution in [0, 0.1) is 0 Å². The Hall–Kier alpha value is -1.61. The van der Waals surface area contributed by atoms with Gasteiger partial charge in [0.1, 0.15) is 10.8 Å². The fourth-order valence-electron chi connectivity index (χ4n) is 1.43. The van der Waals surface area contributed by atoms with Crippen molar-refractivity contribution >= 4 is 17.9 Å². The summed E-state index contributed by atoms with van der Waals surface area (Å²) in [6, 6.07) is 9.49. The van der Waals surface area contributed by atoms with Gasteiger partial charge in [-0.2, -0.15) is 5.10 Å². The summed E-state index contributed by atoms with van der Waals surface area (Å²) in [5, 5.41) is 4.57. The van der Waals surface area contributed by atoms with Crippen molar-refractivity contribution in [2.45, 2.75) is 0 Å². The summed E-state index contributed by atoms with van der Waals surface area (Å²) in [6.07, 6.45) is 0.734. The first-order valence-electron chi connectivity index (χ1n) is 4.47. The fourth-order valence-corrected chi connectivity index (χ4v) is 1.61. The third kappa shape index (κ3) is 1.66. The number of aromatic nitrogens is 2. The van der Waals surface area contributed by atoms with Crippen molar-refractivity contribution in [2.24, 2.45) is 7.05 Å². The Labute approximate surface area is 92.3 Å². The van der Waals surface area contributed by atoms with Crippen LogP contribution in [-0.2, 0) is 7.05 Å². The smallest absolute Gasteiger partial charge is 0.155 e. The minimum absolute atomic E-state index is 0.365. The Morgan fingerprint density at radius 1 is 1.33 bits per heavy atom. The highest BCUT2D eigenvalue weighted by molar-refractivity contribution is 6.32. The number of hydrogen-bond donors (Lipinski definition) is 0. The maximum atomic E-state index is 10.9. The van der Waals surface area contributed by atoms with E-state index in [2.05, 4.69) is 5.10 Å². The molecule has 1 aromatic carbocycles. The molecule has 0 amide bonds. The van der Waals surface area contributed by atoms with E-state index in [-0.39, 0.29) is 0 Å². The average molecular weight is 221 g/mol. The van der Waals surface area contributed by atoms with Crippen molar-refractivity contribution in [2.75, 3.05) is 0 Å². The van der Waals surface area contributed by atoms with Gasteiger partial charge in [0.05, 0.1) is 5.56 Å². The van der Waals surface area contributed by atoms with Gasteiger partial charge in [0.2, 0.25) is 0 Å². The van der Waals surface area contributed by atoms with Gasteiger partial charge < -0.3 is 0 Å². The van der Waals surface area contributed by atoms with E-state index in [1.165, 1.54) is 4.68 Å². The largest absolute Gasteiger partial charge is 0.298 e. The molecule has 0 atom stereocenters. The quantitative estimate of drug-likeness (QED) is 0.729. The molecule has 1 heterocycles. The molecule has 0 saturated carbocycles. The van der Waals surface area contributed by atoms with Gasteiger partial charge in [-0.15, -0.1) is 0 Å². The molecule has 15 heavy (non-hydrogen) atoms. The molecule has 0 N–H and O–H groups in total. The van der Waals surface area contributed by atoms with Gasteiger partial charge >= 0.3 is 0 Å². The second-order valence-corrected chi connectivity index (χ2v) is 3.52. The predicted octanol–water partition coefficient (Wildman–Crippen LogP) is 2.55. The third-order valence-corrected chi connectivity index (χ3v) is 2.62. The van der Waals surface area contributed by atoms with Crippen LogP contribution in [-0.4, -0.2) is 16.1 Å². The molecule has 0 aliphatic heterocycles. The van der Waals surface area contributed by atoms with Crippen LogP contribution in [0.5, 0.6) is 0 Å². The second-order valence-electron chi connectivity index (χ2n) is 3.16. The standard InChI is InChI=1S/C11H9ClN2O/c1-14-11(12)9(7-15)10(13-14)8-5-3-2-4-6-8/h2-7H,1H3. The van der Waals surface area contributed by atoms with E-state index in [0.29, 0.717) is 16.4 Å². The van der Waals surface area contributed by atoms with Crippen molar-refractivity contribution < 1.29 is 4.79 Å². The van der Waals surface area contributed by atoms with Gasteiger partial charge in [0, 0.05) is 12.6 Å². The fraction of sp³-hybridized carbons (Fsp3) is 0.0909. The summed E-state index contributed by atoms with van der Waals surface area (Å²) in [6.45, 7) is 0. The maximum absolute atomic E-state index is 10.9. The van der Waals surface area contributed by atoms with Crippen LogP contribution >= 0.6 is 11.6 Å². The first-order valence-corrected chi connectivity index (χ1v) is 4.85. The van der Waals surface area contributed by atoms with Crippen LogP contribution in [0.15, 0.2) is 30.3 Å². The van der Waals surface area contributed by atoms with Crippen LogP contribution in [0.25, 0.3) is 11.3 Å². The molecule has 0 aliphatic rings. The summed E-state index contributed by atoms with van der Waals surface area (Å²) in [5.41, 5.74) is 1.95. The highest BCUT2D eigenvalue weighted by atomic mass is 35.5. The molecular weight excluding hydrogens is 212 g/mol. The number of carbonyl (C=O) groups is 1. The molecule has 0 bridgehead atoms. The van der Waals surface area contributed by atoms with Crippen LogP contribution < -0.4 is 0 Å². The summed E-state index contributed by atoms with van der Waals surface area (Å²) in [7, 11) is 1.71. The number of aryl methyl sites for hydroxylation is 1. The Morgan fingerprint density at radius 2 is 2.00 bits per heavy atom. The van der Waals surface area contributed by atoms with Crippen molar-refractivity contribution in [3.05, 3.63) is 41.0 Å². The van der Waals surface area contributed by atoms with Crippen molar-refractivity contribution in [3.63, 3.8) is 0 Å². The number of benzene rings is 1. The molecule has 0 fully saturated rings. The minimum Gasteiger partial charge on any atom is -0.298 e. The van der Waals surface area contributed by atoms with Crippen LogP contribution in [0.2, 0.25) is 5.15 Å². The van der Waals surface area contributed by atoms with E-state index in [1.807, 2.05) is 30.3 Å². The lowest BCUT2D eigenvalue weighted by atomic mass is 10.1. The van der Waals surface area contributed by atoms with E-state index >= 15 is 0 Å². The molecule has 0 radical (unpaired) electrons. The zero-order valence-corrected chi connectivity index (χ0v) is 8.90. The summed E-state index contributed by atoms with van der Waals surface area (Å²) in [5.74, 6) is 0. The summed E-state index contributed by atoms with van der Waals surface area (Å²) in [4.78, 5) is 10.9. The van der Waals surface area contributed by atoms with Gasteiger partial charge in [0.25, 0.3) is 0 Å². The normalized spacial score (nSPS) is 10.3. The van der Waals surface area contributed by atoms with Gasteiger partial charge in [-0.25, -0.2) is 0 Å². The van der Waals surface area contributed by atoms with E-state index < -0.39 is 0 Å². The molecule has 0 spiro atoms. The van der Waals surface area contributed by atoms with Crippen LogP contribution in [0.1, 0.15) is 10.4 Å². The first-order chi connectivity index (χ1) is 7.24. The number of halogens is 1. The van der Waals surface area contributed by atoms with E-state index in [4.69, 9.17) is 11.6 Å². The van der Waals surface area contributed by atoms with Gasteiger partial charge in [0.15, 0.2) is 6.29 Å². The number of nitrogens with zero attached hydrogens (tertiary/aromatic N) is 2. The summed E-state index contributed by atoms with van der Waals surface area (Å²) >= 11 is 5.93. The highest BCUT2D eigenvalue weighted by Crippen LogP contribution is 2.26. The topological polar surface area (TPSA) is 34.9 Å². The van der Waals surface area contributed by atoms with Crippen LogP contribution in [0.3, 0.4) is 0 Å². The molecule has 0 unspecified atom stereocenters. The number of rotatable bonds is 2. The van der Waals surface area contributed by atoms with Crippen molar-refractivity contribution in [1.82, 2.24) is 9.78 Å². The maximum Gasteiger partial charge on any atom is 0.155 e. The molecule has 76 valence electrons. The van der Waals surface area contributed by atoms with Crippen molar-refractivity contribution in [1.29, 1.82) is 0 Å². The molecule has 3 nitrogen and oxygen atoms in total. The van der Waals surface area contributed by atoms with Gasteiger partial charge in [-0.1, -0.05) is 41.9 Å². The number of aldehydes is 1.